The van der Waals surface area contributed by atoms with Crippen LogP contribution in [0.2, 0.25) is 10.0 Å². The molecule has 0 atom stereocenters. The van der Waals surface area contributed by atoms with E-state index in [4.69, 9.17) is 23.2 Å². The summed E-state index contributed by atoms with van der Waals surface area (Å²) in [6.07, 6.45) is 1.72. The second-order valence-corrected chi connectivity index (χ2v) is 8.85. The van der Waals surface area contributed by atoms with Crippen LogP contribution < -0.4 is 4.90 Å². The summed E-state index contributed by atoms with van der Waals surface area (Å²) >= 11 is 12.6. The minimum atomic E-state index is -0.226. The number of likely N-dealkylation sites (tertiary alicyclic amines) is 1. The second-order valence-electron chi connectivity index (χ2n) is 8.04. The van der Waals surface area contributed by atoms with E-state index >= 15 is 0 Å². The lowest BCUT2D eigenvalue weighted by atomic mass is 9.94. The molecule has 4 rings (SSSR count). The van der Waals surface area contributed by atoms with Crippen molar-refractivity contribution in [3.05, 3.63) is 63.9 Å². The summed E-state index contributed by atoms with van der Waals surface area (Å²) in [7, 11) is 0. The van der Waals surface area contributed by atoms with Gasteiger partial charge in [0.25, 0.3) is 0 Å². The number of halogens is 3. The van der Waals surface area contributed by atoms with E-state index in [0.717, 1.165) is 56.8 Å². The molecule has 0 N–H and O–H groups in total. The Labute approximate surface area is 187 Å². The van der Waals surface area contributed by atoms with Crippen molar-refractivity contribution in [2.45, 2.75) is 19.4 Å². The van der Waals surface area contributed by atoms with Crippen LogP contribution in [0.3, 0.4) is 0 Å². The average molecular weight is 450 g/mol. The Hall–Kier alpha value is -1.82. The number of nitrogens with zero attached hydrogens (tertiary/aromatic N) is 3. The number of benzene rings is 2. The fourth-order valence-electron chi connectivity index (χ4n) is 4.34. The molecule has 2 aromatic carbocycles. The van der Waals surface area contributed by atoms with E-state index in [1.165, 1.54) is 12.1 Å². The normalized spacial score (nSPS) is 18.6. The third-order valence-electron chi connectivity index (χ3n) is 6.16. The summed E-state index contributed by atoms with van der Waals surface area (Å²) in [5, 5.41) is 1.39. The van der Waals surface area contributed by atoms with Gasteiger partial charge >= 0.3 is 0 Å². The van der Waals surface area contributed by atoms with Gasteiger partial charge in [-0.15, -0.1) is 0 Å². The van der Waals surface area contributed by atoms with Gasteiger partial charge in [0.1, 0.15) is 5.82 Å². The molecule has 30 heavy (non-hydrogen) atoms. The van der Waals surface area contributed by atoms with Crippen LogP contribution in [0.1, 0.15) is 18.4 Å². The Bertz CT molecular complexity index is 856. The molecule has 0 aromatic heterocycles. The van der Waals surface area contributed by atoms with Gasteiger partial charge < -0.3 is 9.80 Å². The molecule has 0 spiro atoms. The highest BCUT2D eigenvalue weighted by Crippen LogP contribution is 2.28. The van der Waals surface area contributed by atoms with Gasteiger partial charge in [-0.3, -0.25) is 9.69 Å². The minimum Gasteiger partial charge on any atom is -0.368 e. The highest BCUT2D eigenvalue weighted by atomic mass is 35.5. The number of rotatable bonds is 4. The third-order valence-corrected chi connectivity index (χ3v) is 6.87. The van der Waals surface area contributed by atoms with Crippen LogP contribution in [-0.4, -0.2) is 55.0 Å². The fraction of sp³-hybridized carbons (Fsp3) is 0.435. The summed E-state index contributed by atoms with van der Waals surface area (Å²) in [5.74, 6) is 0.125. The Balaban J connectivity index is 1.26. The fourth-order valence-corrected chi connectivity index (χ4v) is 4.86. The van der Waals surface area contributed by atoms with E-state index < -0.39 is 0 Å². The van der Waals surface area contributed by atoms with Crippen molar-refractivity contribution >= 4 is 34.8 Å². The molecular formula is C23H26Cl2FN3O. The topological polar surface area (TPSA) is 26.8 Å². The van der Waals surface area contributed by atoms with E-state index in [9.17, 15) is 9.18 Å². The lowest BCUT2D eigenvalue weighted by Gasteiger charge is -2.39. The number of amides is 1. The van der Waals surface area contributed by atoms with Crippen LogP contribution in [0.4, 0.5) is 10.1 Å². The summed E-state index contributed by atoms with van der Waals surface area (Å²) in [4.78, 5) is 19.5. The quantitative estimate of drug-likeness (QED) is 0.676. The molecule has 7 heteroatoms. The summed E-state index contributed by atoms with van der Waals surface area (Å²) in [6.45, 7) is 5.44. The molecule has 0 unspecified atom stereocenters. The maximum Gasteiger partial charge on any atom is 0.225 e. The monoisotopic (exact) mass is 449 g/mol. The Morgan fingerprint density at radius 1 is 0.900 bits per heavy atom. The van der Waals surface area contributed by atoms with Crippen molar-refractivity contribution in [3.63, 3.8) is 0 Å². The van der Waals surface area contributed by atoms with Crippen LogP contribution in [0.15, 0.2) is 42.5 Å². The van der Waals surface area contributed by atoms with E-state index in [1.807, 2.05) is 23.1 Å². The van der Waals surface area contributed by atoms with Crippen LogP contribution in [0.5, 0.6) is 0 Å². The molecular weight excluding hydrogens is 424 g/mol. The molecule has 2 fully saturated rings. The maximum absolute atomic E-state index is 13.1. The standard InChI is InChI=1S/C23H26Cl2FN3O/c24-21-2-1-3-22(25)20(21)16-27-10-8-17(9-11-27)23(30)29-14-12-28(13-15-29)19-6-4-18(26)5-7-19/h1-7,17H,8-16H2. The van der Waals surface area contributed by atoms with Crippen molar-refractivity contribution in [1.82, 2.24) is 9.80 Å². The van der Waals surface area contributed by atoms with Gasteiger partial charge in [0.2, 0.25) is 5.91 Å². The second kappa shape index (κ2) is 9.54. The van der Waals surface area contributed by atoms with Gasteiger partial charge in [0.05, 0.1) is 0 Å². The molecule has 0 aliphatic carbocycles. The van der Waals surface area contributed by atoms with Gasteiger partial charge in [-0.05, 0) is 62.3 Å². The van der Waals surface area contributed by atoms with Gasteiger partial charge in [-0.25, -0.2) is 4.39 Å². The molecule has 1 amide bonds. The molecule has 2 aliphatic heterocycles. The smallest absolute Gasteiger partial charge is 0.225 e. The number of piperidine rings is 1. The zero-order valence-electron chi connectivity index (χ0n) is 16.9. The van der Waals surface area contributed by atoms with Gasteiger partial charge in [0.15, 0.2) is 0 Å². The highest BCUT2D eigenvalue weighted by molar-refractivity contribution is 6.35. The minimum absolute atomic E-state index is 0.0836. The van der Waals surface area contributed by atoms with Gasteiger partial charge in [0, 0.05) is 59.9 Å². The van der Waals surface area contributed by atoms with E-state index in [1.54, 1.807) is 12.1 Å². The molecule has 160 valence electrons. The Morgan fingerprint density at radius 3 is 2.10 bits per heavy atom. The molecule has 0 radical (unpaired) electrons. The van der Waals surface area contributed by atoms with Crippen molar-refractivity contribution < 1.29 is 9.18 Å². The molecule has 4 nitrogen and oxygen atoms in total. The molecule has 2 saturated heterocycles. The number of piperazine rings is 1. The number of anilines is 1. The summed E-state index contributed by atoms with van der Waals surface area (Å²) in [5.41, 5.74) is 1.97. The average Bonchev–Trinajstić information content (AvgIpc) is 2.77. The van der Waals surface area contributed by atoms with Crippen LogP contribution >= 0.6 is 23.2 Å². The maximum atomic E-state index is 13.1. The zero-order valence-corrected chi connectivity index (χ0v) is 18.4. The first-order valence-electron chi connectivity index (χ1n) is 10.5. The van der Waals surface area contributed by atoms with Gasteiger partial charge in [-0.1, -0.05) is 29.3 Å². The number of carbonyl (C=O) groups excluding carboxylic acids is 1. The predicted molar refractivity (Wildman–Crippen MR) is 120 cm³/mol. The highest BCUT2D eigenvalue weighted by Gasteiger charge is 2.30. The first-order chi connectivity index (χ1) is 14.5. The van der Waals surface area contributed by atoms with Crippen molar-refractivity contribution in [2.75, 3.05) is 44.2 Å². The molecule has 2 aliphatic rings. The first kappa shape index (κ1) is 21.4. The van der Waals surface area contributed by atoms with Crippen molar-refractivity contribution in [3.8, 4) is 0 Å². The van der Waals surface area contributed by atoms with Crippen molar-refractivity contribution in [2.24, 2.45) is 5.92 Å². The summed E-state index contributed by atoms with van der Waals surface area (Å²) < 4.78 is 13.1. The molecule has 0 bridgehead atoms. The van der Waals surface area contributed by atoms with Crippen LogP contribution in [0.25, 0.3) is 0 Å². The predicted octanol–water partition coefficient (Wildman–Crippen LogP) is 4.69. The van der Waals surface area contributed by atoms with Crippen LogP contribution in [0, 0.1) is 11.7 Å². The summed E-state index contributed by atoms with van der Waals surface area (Å²) in [6, 6.07) is 12.2. The Kier molecular flexibility index (Phi) is 6.81. The third kappa shape index (κ3) is 4.90. The largest absolute Gasteiger partial charge is 0.368 e. The lowest BCUT2D eigenvalue weighted by Crippen LogP contribution is -2.51. The van der Waals surface area contributed by atoms with Gasteiger partial charge in [-0.2, -0.15) is 0 Å². The number of hydrogen-bond donors (Lipinski definition) is 0. The number of carbonyl (C=O) groups is 1. The lowest BCUT2D eigenvalue weighted by molar-refractivity contribution is -0.137. The van der Waals surface area contributed by atoms with E-state index in [2.05, 4.69) is 9.80 Å². The number of hydrogen-bond acceptors (Lipinski definition) is 3. The van der Waals surface area contributed by atoms with Crippen LogP contribution in [-0.2, 0) is 11.3 Å². The van der Waals surface area contributed by atoms with Crippen molar-refractivity contribution in [1.29, 1.82) is 0 Å². The molecule has 0 saturated carbocycles. The van der Waals surface area contributed by atoms with E-state index in [0.29, 0.717) is 23.1 Å². The first-order valence-corrected chi connectivity index (χ1v) is 11.2. The zero-order chi connectivity index (χ0) is 21.1. The molecule has 2 aromatic rings. The SMILES string of the molecule is O=C(C1CCN(Cc2c(Cl)cccc2Cl)CC1)N1CCN(c2ccc(F)cc2)CC1. The Morgan fingerprint density at radius 2 is 1.50 bits per heavy atom. The van der Waals surface area contributed by atoms with E-state index in [-0.39, 0.29) is 17.6 Å². The molecule has 2 heterocycles.